The number of ether oxygens (including phenoxy) is 3. The number of rotatable bonds is 0. The van der Waals surface area contributed by atoms with Gasteiger partial charge in [0.25, 0.3) is 0 Å². The highest BCUT2D eigenvalue weighted by Crippen LogP contribution is 2.72. The Kier molecular flexibility index (Phi) is 2.03. The van der Waals surface area contributed by atoms with Gasteiger partial charge in [0, 0.05) is 12.0 Å². The van der Waals surface area contributed by atoms with E-state index in [9.17, 15) is 14.7 Å². The van der Waals surface area contributed by atoms with Crippen LogP contribution in [0.3, 0.4) is 0 Å². The first kappa shape index (κ1) is 13.1. The lowest BCUT2D eigenvalue weighted by atomic mass is 9.48. The number of epoxide rings is 1. The van der Waals surface area contributed by atoms with Gasteiger partial charge in [-0.25, -0.2) is 4.79 Å². The van der Waals surface area contributed by atoms with Crippen LogP contribution in [0.4, 0.5) is 0 Å². The maximum Gasteiger partial charge on any atom is 0.333 e. The van der Waals surface area contributed by atoms with Crippen molar-refractivity contribution in [2.45, 2.75) is 57.2 Å². The molecule has 2 saturated carbocycles. The Balaban J connectivity index is 1.75. The lowest BCUT2D eigenvalue weighted by Crippen LogP contribution is -2.59. The van der Waals surface area contributed by atoms with Crippen molar-refractivity contribution in [2.75, 3.05) is 0 Å². The molecule has 5 rings (SSSR count). The molecule has 1 N–H and O–H groups in total. The molecule has 0 aromatic carbocycles. The zero-order chi connectivity index (χ0) is 15.5. The number of hydrogen-bond acceptors (Lipinski definition) is 6. The average Bonchev–Trinajstić information content (AvgIpc) is 3.11. The monoisotopic (exact) mass is 306 g/mol. The molecule has 3 heterocycles. The standard InChI is InChI=1S/C16H18O6/c1-14-4-3-5-15(2)10(14)9(21-12(15)18)11-16(22-11)7(14)6-8(17)20-13(16)19/h6,9-11,13,19H,3-5H2,1-2H3/t9-,10+,11+,13+,14?,15-,16-/m0/s1. The van der Waals surface area contributed by atoms with Crippen LogP contribution < -0.4 is 0 Å². The van der Waals surface area contributed by atoms with E-state index in [1.165, 1.54) is 6.08 Å². The first-order valence-corrected chi connectivity index (χ1v) is 7.84. The third kappa shape index (κ3) is 1.12. The molecule has 6 nitrogen and oxygen atoms in total. The molecule has 6 heteroatoms. The zero-order valence-corrected chi connectivity index (χ0v) is 12.5. The zero-order valence-electron chi connectivity index (χ0n) is 12.5. The summed E-state index contributed by atoms with van der Waals surface area (Å²) in [7, 11) is 0. The van der Waals surface area contributed by atoms with E-state index in [-0.39, 0.29) is 18.0 Å². The van der Waals surface area contributed by atoms with Crippen molar-refractivity contribution in [1.82, 2.24) is 0 Å². The third-order valence-corrected chi connectivity index (χ3v) is 6.68. The van der Waals surface area contributed by atoms with E-state index in [1.54, 1.807) is 0 Å². The number of fused-ring (bicyclic) bond motifs is 2. The van der Waals surface area contributed by atoms with Gasteiger partial charge in [0.15, 0.2) is 5.60 Å². The Bertz CT molecular complexity index is 655. The topological polar surface area (TPSA) is 85.4 Å². The van der Waals surface area contributed by atoms with E-state index >= 15 is 0 Å². The van der Waals surface area contributed by atoms with Crippen LogP contribution in [-0.2, 0) is 23.8 Å². The summed E-state index contributed by atoms with van der Waals surface area (Å²) >= 11 is 0. The maximum absolute atomic E-state index is 12.5. The van der Waals surface area contributed by atoms with Crippen molar-refractivity contribution in [3.05, 3.63) is 11.6 Å². The van der Waals surface area contributed by atoms with Crippen LogP contribution in [0.5, 0.6) is 0 Å². The fraction of sp³-hybridized carbons (Fsp3) is 0.750. The molecule has 1 spiro atoms. The second-order valence-corrected chi connectivity index (χ2v) is 7.71. The molecule has 7 atom stereocenters. The van der Waals surface area contributed by atoms with E-state index in [0.29, 0.717) is 0 Å². The maximum atomic E-state index is 12.5. The van der Waals surface area contributed by atoms with Crippen LogP contribution in [-0.4, -0.2) is 41.1 Å². The molecule has 2 saturated heterocycles. The largest absolute Gasteiger partial charge is 0.459 e. The molecule has 0 aromatic heterocycles. The van der Waals surface area contributed by atoms with Gasteiger partial charge in [0.2, 0.25) is 6.29 Å². The van der Waals surface area contributed by atoms with Gasteiger partial charge in [-0.1, -0.05) is 13.3 Å². The first-order chi connectivity index (χ1) is 10.3. The van der Waals surface area contributed by atoms with Crippen LogP contribution in [0.15, 0.2) is 11.6 Å². The number of cyclic esters (lactones) is 1. The summed E-state index contributed by atoms with van der Waals surface area (Å²) < 4.78 is 16.5. The molecule has 4 fully saturated rings. The molecule has 2 aliphatic carbocycles. The van der Waals surface area contributed by atoms with Crippen LogP contribution in [0.1, 0.15) is 33.1 Å². The molecule has 0 radical (unpaired) electrons. The summed E-state index contributed by atoms with van der Waals surface area (Å²) in [4.78, 5) is 24.3. The van der Waals surface area contributed by atoms with E-state index in [4.69, 9.17) is 14.2 Å². The molecule has 1 unspecified atom stereocenters. The fourth-order valence-corrected chi connectivity index (χ4v) is 5.77. The molecule has 5 aliphatic rings. The SMILES string of the molecule is CC12CCC[C@]3(C)C(=O)O[C@H]([C@H]4O[C@@]45C1=CC(=O)O[C@H]5O)[C@H]23. The Morgan fingerprint density at radius 2 is 1.91 bits per heavy atom. The smallest absolute Gasteiger partial charge is 0.333 e. The summed E-state index contributed by atoms with van der Waals surface area (Å²) in [6.45, 7) is 4.03. The van der Waals surface area contributed by atoms with Crippen molar-refractivity contribution in [2.24, 2.45) is 16.7 Å². The normalized spacial score (nSPS) is 57.9. The van der Waals surface area contributed by atoms with Gasteiger partial charge in [-0.3, -0.25) is 4.79 Å². The van der Waals surface area contributed by atoms with Gasteiger partial charge in [0.1, 0.15) is 12.2 Å². The Morgan fingerprint density at radius 1 is 1.18 bits per heavy atom. The van der Waals surface area contributed by atoms with Gasteiger partial charge < -0.3 is 19.3 Å². The van der Waals surface area contributed by atoms with Gasteiger partial charge >= 0.3 is 11.9 Å². The number of aliphatic hydroxyl groups is 1. The Morgan fingerprint density at radius 3 is 2.68 bits per heavy atom. The minimum atomic E-state index is -1.32. The number of hydrogen-bond donors (Lipinski definition) is 1. The van der Waals surface area contributed by atoms with Crippen molar-refractivity contribution < 1.29 is 28.9 Å². The van der Waals surface area contributed by atoms with Crippen LogP contribution in [0.25, 0.3) is 0 Å². The number of carbonyl (C=O) groups excluding carboxylic acids is 2. The first-order valence-electron chi connectivity index (χ1n) is 7.84. The summed E-state index contributed by atoms with van der Waals surface area (Å²) in [6, 6.07) is 0. The lowest BCUT2D eigenvalue weighted by Gasteiger charge is -2.53. The summed E-state index contributed by atoms with van der Waals surface area (Å²) in [6.07, 6.45) is 1.89. The van der Waals surface area contributed by atoms with Gasteiger partial charge in [-0.05, 0) is 30.8 Å². The number of esters is 2. The highest BCUT2D eigenvalue weighted by Gasteiger charge is 2.83. The molecule has 3 aliphatic heterocycles. The minimum absolute atomic E-state index is 0.0220. The van der Waals surface area contributed by atoms with E-state index in [0.717, 1.165) is 24.8 Å². The molecule has 22 heavy (non-hydrogen) atoms. The molecule has 0 bridgehead atoms. The molecular weight excluding hydrogens is 288 g/mol. The van der Waals surface area contributed by atoms with Crippen molar-refractivity contribution in [3.8, 4) is 0 Å². The summed E-state index contributed by atoms with van der Waals surface area (Å²) in [5.74, 6) is -0.745. The van der Waals surface area contributed by atoms with Crippen molar-refractivity contribution in [3.63, 3.8) is 0 Å². The third-order valence-electron chi connectivity index (χ3n) is 6.68. The highest BCUT2D eigenvalue weighted by molar-refractivity contribution is 5.87. The number of aliphatic hydroxyl groups excluding tert-OH is 1. The van der Waals surface area contributed by atoms with E-state index in [1.807, 2.05) is 6.92 Å². The predicted octanol–water partition coefficient (Wildman–Crippen LogP) is 0.677. The fourth-order valence-electron chi connectivity index (χ4n) is 5.77. The predicted molar refractivity (Wildman–Crippen MR) is 71.2 cm³/mol. The Hall–Kier alpha value is -1.40. The van der Waals surface area contributed by atoms with Crippen LogP contribution in [0.2, 0.25) is 0 Å². The van der Waals surface area contributed by atoms with Gasteiger partial charge in [-0.15, -0.1) is 0 Å². The molecule has 0 amide bonds. The second kappa shape index (κ2) is 3.41. The average molecular weight is 306 g/mol. The van der Waals surface area contributed by atoms with Crippen molar-refractivity contribution >= 4 is 11.9 Å². The van der Waals surface area contributed by atoms with Gasteiger partial charge in [0.05, 0.1) is 5.41 Å². The van der Waals surface area contributed by atoms with E-state index in [2.05, 4.69) is 6.92 Å². The van der Waals surface area contributed by atoms with Crippen LogP contribution >= 0.6 is 0 Å². The molecule has 118 valence electrons. The lowest BCUT2D eigenvalue weighted by molar-refractivity contribution is -0.179. The minimum Gasteiger partial charge on any atom is -0.459 e. The van der Waals surface area contributed by atoms with Crippen molar-refractivity contribution in [1.29, 1.82) is 0 Å². The number of carbonyl (C=O) groups is 2. The quantitative estimate of drug-likeness (QED) is 0.523. The van der Waals surface area contributed by atoms with Gasteiger partial charge in [-0.2, -0.15) is 0 Å². The highest BCUT2D eigenvalue weighted by atomic mass is 16.7. The molecular formula is C16H18O6. The van der Waals surface area contributed by atoms with Crippen LogP contribution in [0, 0.1) is 16.7 Å². The summed E-state index contributed by atoms with van der Waals surface area (Å²) in [5.41, 5.74) is -1.15. The molecule has 0 aromatic rings. The Labute approximate surface area is 127 Å². The second-order valence-electron chi connectivity index (χ2n) is 7.71. The van der Waals surface area contributed by atoms with E-state index < -0.39 is 34.8 Å². The summed E-state index contributed by atoms with van der Waals surface area (Å²) in [5, 5.41) is 10.3.